The van der Waals surface area contributed by atoms with E-state index in [0.29, 0.717) is 11.8 Å². The first-order valence-corrected chi connectivity index (χ1v) is 7.19. The summed E-state index contributed by atoms with van der Waals surface area (Å²) in [5, 5.41) is 0. The maximum absolute atomic E-state index is 4.40. The zero-order valence-electron chi connectivity index (χ0n) is 10.6. The molecule has 2 rings (SSSR count). The molecule has 1 heteroatoms. The van der Waals surface area contributed by atoms with Crippen LogP contribution in [-0.4, -0.2) is 5.75 Å². The van der Waals surface area contributed by atoms with Gasteiger partial charge in [-0.25, -0.2) is 0 Å². The van der Waals surface area contributed by atoms with Crippen molar-refractivity contribution in [1.29, 1.82) is 0 Å². The van der Waals surface area contributed by atoms with Crippen LogP contribution in [0.1, 0.15) is 26.2 Å². The summed E-state index contributed by atoms with van der Waals surface area (Å²) >= 11 is 4.40. The van der Waals surface area contributed by atoms with Gasteiger partial charge in [0.2, 0.25) is 0 Å². The summed E-state index contributed by atoms with van der Waals surface area (Å²) in [6.45, 7) is 6.26. The van der Waals surface area contributed by atoms with E-state index in [1.54, 1.807) is 0 Å². The molecule has 0 saturated carbocycles. The van der Waals surface area contributed by atoms with E-state index in [9.17, 15) is 0 Å². The predicted molar refractivity (Wildman–Crippen MR) is 79.4 cm³/mol. The van der Waals surface area contributed by atoms with E-state index in [-0.39, 0.29) is 0 Å². The number of allylic oxidation sites excluding steroid dienone is 7. The van der Waals surface area contributed by atoms with E-state index < -0.39 is 0 Å². The van der Waals surface area contributed by atoms with Gasteiger partial charge < -0.3 is 0 Å². The highest BCUT2D eigenvalue weighted by molar-refractivity contribution is 7.80. The van der Waals surface area contributed by atoms with Gasteiger partial charge in [0.1, 0.15) is 0 Å². The Bertz CT molecular complexity index is 373. The van der Waals surface area contributed by atoms with Crippen molar-refractivity contribution in [2.75, 3.05) is 5.75 Å². The molecule has 0 nitrogen and oxygen atoms in total. The Morgan fingerprint density at radius 1 is 1.59 bits per heavy atom. The lowest BCUT2D eigenvalue weighted by molar-refractivity contribution is 0.379. The van der Waals surface area contributed by atoms with Gasteiger partial charge in [-0.1, -0.05) is 43.9 Å². The SMILES string of the molecule is C=CC1=CC2=CC=CCC2CC1CC(C)CS. The highest BCUT2D eigenvalue weighted by atomic mass is 32.1. The monoisotopic (exact) mass is 246 g/mol. The van der Waals surface area contributed by atoms with Gasteiger partial charge in [0.15, 0.2) is 0 Å². The number of thiol groups is 1. The maximum Gasteiger partial charge on any atom is -0.00719 e. The van der Waals surface area contributed by atoms with Crippen molar-refractivity contribution in [3.63, 3.8) is 0 Å². The van der Waals surface area contributed by atoms with Crippen LogP contribution in [0.3, 0.4) is 0 Å². The Labute approximate surface area is 111 Å². The Morgan fingerprint density at radius 3 is 3.12 bits per heavy atom. The van der Waals surface area contributed by atoms with E-state index >= 15 is 0 Å². The summed E-state index contributed by atoms with van der Waals surface area (Å²) in [7, 11) is 0. The number of rotatable bonds is 4. The lowest BCUT2D eigenvalue weighted by atomic mass is 9.73. The van der Waals surface area contributed by atoms with E-state index in [2.05, 4.69) is 50.4 Å². The largest absolute Gasteiger partial charge is 0.179 e. The molecule has 0 radical (unpaired) electrons. The first-order valence-electron chi connectivity index (χ1n) is 6.56. The molecule has 0 bridgehead atoms. The fourth-order valence-corrected chi connectivity index (χ4v) is 3.05. The minimum atomic E-state index is 0.684. The molecular formula is C16H22S. The summed E-state index contributed by atoms with van der Waals surface area (Å²) in [5.74, 6) is 3.09. The van der Waals surface area contributed by atoms with Crippen molar-refractivity contribution in [1.82, 2.24) is 0 Å². The molecule has 0 spiro atoms. The zero-order valence-corrected chi connectivity index (χ0v) is 11.5. The third kappa shape index (κ3) is 2.95. The summed E-state index contributed by atoms with van der Waals surface area (Å²) in [4.78, 5) is 0. The molecule has 0 aliphatic heterocycles. The molecule has 0 amide bonds. The van der Waals surface area contributed by atoms with E-state index in [4.69, 9.17) is 0 Å². The van der Waals surface area contributed by atoms with Crippen molar-refractivity contribution >= 4 is 12.6 Å². The molecule has 0 aromatic rings. The summed E-state index contributed by atoms with van der Waals surface area (Å²) < 4.78 is 0. The van der Waals surface area contributed by atoms with Gasteiger partial charge in [-0.2, -0.15) is 12.6 Å². The maximum atomic E-state index is 4.40. The topological polar surface area (TPSA) is 0 Å². The Balaban J connectivity index is 2.16. The van der Waals surface area contributed by atoms with Gasteiger partial charge >= 0.3 is 0 Å². The first-order chi connectivity index (χ1) is 8.24. The summed E-state index contributed by atoms with van der Waals surface area (Å²) in [5.41, 5.74) is 2.92. The van der Waals surface area contributed by atoms with Crippen LogP contribution < -0.4 is 0 Å². The standard InChI is InChI=1S/C16H22S/c1-3-13-9-14-6-4-5-7-15(14)10-16(13)8-12(2)11-17/h3-6,9,12,15-17H,1,7-8,10-11H2,2H3. The summed E-state index contributed by atoms with van der Waals surface area (Å²) in [6.07, 6.45) is 14.9. The predicted octanol–water partition coefficient (Wildman–Crippen LogP) is 4.58. The van der Waals surface area contributed by atoms with Crippen LogP contribution in [-0.2, 0) is 0 Å². The Morgan fingerprint density at radius 2 is 2.41 bits per heavy atom. The van der Waals surface area contributed by atoms with Crippen LogP contribution in [0, 0.1) is 17.8 Å². The fourth-order valence-electron chi connectivity index (χ4n) is 2.90. The highest BCUT2D eigenvalue weighted by Crippen LogP contribution is 2.39. The lowest BCUT2D eigenvalue weighted by Gasteiger charge is -2.32. The van der Waals surface area contributed by atoms with Crippen LogP contribution in [0.25, 0.3) is 0 Å². The van der Waals surface area contributed by atoms with Crippen molar-refractivity contribution in [2.24, 2.45) is 17.8 Å². The first kappa shape index (κ1) is 12.8. The number of fused-ring (bicyclic) bond motifs is 1. The van der Waals surface area contributed by atoms with Crippen LogP contribution in [0.2, 0.25) is 0 Å². The van der Waals surface area contributed by atoms with Crippen molar-refractivity contribution < 1.29 is 0 Å². The molecule has 3 unspecified atom stereocenters. The van der Waals surface area contributed by atoms with Crippen LogP contribution in [0.15, 0.2) is 48.1 Å². The smallest absolute Gasteiger partial charge is 0.00719 e. The number of hydrogen-bond acceptors (Lipinski definition) is 1. The average molecular weight is 246 g/mol. The van der Waals surface area contributed by atoms with Crippen molar-refractivity contribution in [2.45, 2.75) is 26.2 Å². The molecule has 0 fully saturated rings. The average Bonchev–Trinajstić information content (AvgIpc) is 2.37. The van der Waals surface area contributed by atoms with Gasteiger partial charge in [-0.15, -0.1) is 0 Å². The molecule has 17 heavy (non-hydrogen) atoms. The van der Waals surface area contributed by atoms with Crippen LogP contribution in [0.5, 0.6) is 0 Å². The molecule has 2 aliphatic rings. The summed E-state index contributed by atoms with van der Waals surface area (Å²) in [6, 6.07) is 0. The third-order valence-electron chi connectivity index (χ3n) is 3.92. The minimum absolute atomic E-state index is 0.684. The van der Waals surface area contributed by atoms with Gasteiger partial charge in [-0.3, -0.25) is 0 Å². The van der Waals surface area contributed by atoms with Crippen molar-refractivity contribution in [3.05, 3.63) is 48.1 Å². The second kappa shape index (κ2) is 5.77. The highest BCUT2D eigenvalue weighted by Gasteiger charge is 2.27. The van der Waals surface area contributed by atoms with E-state index in [0.717, 1.165) is 11.7 Å². The Hall–Kier alpha value is -0.690. The van der Waals surface area contributed by atoms with Crippen LogP contribution in [0.4, 0.5) is 0 Å². The fraction of sp³-hybridized carbons (Fsp3) is 0.500. The molecule has 2 aliphatic carbocycles. The molecule has 3 atom stereocenters. The normalized spacial score (nSPS) is 29.1. The Kier molecular flexibility index (Phi) is 4.33. The lowest BCUT2D eigenvalue weighted by Crippen LogP contribution is -2.20. The van der Waals surface area contributed by atoms with E-state index in [1.807, 2.05) is 6.08 Å². The third-order valence-corrected chi connectivity index (χ3v) is 4.55. The molecule has 92 valence electrons. The quantitative estimate of drug-likeness (QED) is 0.690. The van der Waals surface area contributed by atoms with Crippen LogP contribution >= 0.6 is 12.6 Å². The van der Waals surface area contributed by atoms with Gasteiger partial charge in [-0.05, 0) is 53.9 Å². The molecule has 0 aromatic heterocycles. The van der Waals surface area contributed by atoms with Gasteiger partial charge in [0.05, 0.1) is 0 Å². The molecule has 0 saturated heterocycles. The van der Waals surface area contributed by atoms with Gasteiger partial charge in [0, 0.05) is 0 Å². The second-order valence-corrected chi connectivity index (χ2v) is 5.70. The second-order valence-electron chi connectivity index (χ2n) is 5.33. The molecule has 0 heterocycles. The molecule has 0 aromatic carbocycles. The molecule has 0 N–H and O–H groups in total. The van der Waals surface area contributed by atoms with E-state index in [1.165, 1.54) is 30.4 Å². The minimum Gasteiger partial charge on any atom is -0.179 e. The van der Waals surface area contributed by atoms with Gasteiger partial charge in [0.25, 0.3) is 0 Å². The molecular weight excluding hydrogens is 224 g/mol. The zero-order chi connectivity index (χ0) is 12.3. The van der Waals surface area contributed by atoms with Crippen molar-refractivity contribution in [3.8, 4) is 0 Å². The number of hydrogen-bond donors (Lipinski definition) is 1.